The van der Waals surface area contributed by atoms with E-state index in [-0.39, 0.29) is 5.91 Å². The van der Waals surface area contributed by atoms with Crippen LogP contribution in [0.4, 0.5) is 0 Å². The molecule has 1 aliphatic rings. The summed E-state index contributed by atoms with van der Waals surface area (Å²) in [6.45, 7) is 7.68. The van der Waals surface area contributed by atoms with Gasteiger partial charge in [0.05, 0.1) is 0 Å². The van der Waals surface area contributed by atoms with Crippen molar-refractivity contribution in [3.05, 3.63) is 0 Å². The molecule has 1 saturated heterocycles. The van der Waals surface area contributed by atoms with Crippen LogP contribution in [0.1, 0.15) is 40.0 Å². The van der Waals surface area contributed by atoms with Crippen molar-refractivity contribution in [3.63, 3.8) is 0 Å². The Kier molecular flexibility index (Phi) is 4.14. The summed E-state index contributed by atoms with van der Waals surface area (Å²) in [5, 5.41) is 0. The maximum atomic E-state index is 12.0. The molecule has 0 aromatic carbocycles. The lowest BCUT2D eigenvalue weighted by molar-refractivity contribution is -0.150. The maximum absolute atomic E-state index is 12.0. The number of carbonyl (C=O) groups excluding carboxylic acids is 1. The summed E-state index contributed by atoms with van der Waals surface area (Å²) in [5.74, 6) is 0.829. The molecule has 3 nitrogen and oxygen atoms in total. The third-order valence-electron chi connectivity index (χ3n) is 3.30. The average Bonchev–Trinajstić information content (AvgIpc) is 2.66. The van der Waals surface area contributed by atoms with Gasteiger partial charge in [0.2, 0.25) is 0 Å². The Morgan fingerprint density at radius 3 is 2.73 bits per heavy atom. The quantitative estimate of drug-likeness (QED) is 0.715. The lowest BCUT2D eigenvalue weighted by Crippen LogP contribution is -2.45. The standard InChI is InChI=1S/C12H23NO2/c1-5-6-10-7-8-13(9-10)11(14)12(2,3)15-4/h10H,5-9H2,1-4H3. The van der Waals surface area contributed by atoms with E-state index in [1.54, 1.807) is 7.11 Å². The number of hydrogen-bond donors (Lipinski definition) is 0. The summed E-state index contributed by atoms with van der Waals surface area (Å²) in [5.41, 5.74) is -0.666. The van der Waals surface area contributed by atoms with Crippen molar-refractivity contribution in [2.75, 3.05) is 20.2 Å². The molecule has 1 rings (SSSR count). The number of nitrogens with zero attached hydrogens (tertiary/aromatic N) is 1. The van der Waals surface area contributed by atoms with Crippen LogP contribution in [0.5, 0.6) is 0 Å². The van der Waals surface area contributed by atoms with Crippen LogP contribution < -0.4 is 0 Å². The first-order valence-electron chi connectivity index (χ1n) is 5.85. The summed E-state index contributed by atoms with van der Waals surface area (Å²) in [4.78, 5) is 14.0. The number of methoxy groups -OCH3 is 1. The molecule has 0 spiro atoms. The van der Waals surface area contributed by atoms with E-state index >= 15 is 0 Å². The van der Waals surface area contributed by atoms with Crippen molar-refractivity contribution in [2.45, 2.75) is 45.6 Å². The summed E-state index contributed by atoms with van der Waals surface area (Å²) in [7, 11) is 1.59. The lowest BCUT2D eigenvalue weighted by atomic mass is 10.0. The molecule has 1 atom stereocenters. The van der Waals surface area contributed by atoms with Crippen LogP contribution in [0, 0.1) is 5.92 Å². The van der Waals surface area contributed by atoms with Crippen LogP contribution in [0.2, 0.25) is 0 Å². The molecule has 0 aromatic heterocycles. The van der Waals surface area contributed by atoms with Gasteiger partial charge in [-0.15, -0.1) is 0 Å². The van der Waals surface area contributed by atoms with Crippen molar-refractivity contribution in [1.82, 2.24) is 4.90 Å². The topological polar surface area (TPSA) is 29.5 Å². The fraction of sp³-hybridized carbons (Fsp3) is 0.917. The molecule has 0 aromatic rings. The largest absolute Gasteiger partial charge is 0.369 e. The molecule has 1 amide bonds. The Bertz CT molecular complexity index is 226. The number of amides is 1. The van der Waals surface area contributed by atoms with Crippen molar-refractivity contribution in [2.24, 2.45) is 5.92 Å². The van der Waals surface area contributed by atoms with Crippen molar-refractivity contribution < 1.29 is 9.53 Å². The van der Waals surface area contributed by atoms with E-state index in [9.17, 15) is 4.79 Å². The minimum Gasteiger partial charge on any atom is -0.369 e. The van der Waals surface area contributed by atoms with E-state index in [1.807, 2.05) is 18.7 Å². The first kappa shape index (κ1) is 12.5. The maximum Gasteiger partial charge on any atom is 0.254 e. The Morgan fingerprint density at radius 1 is 1.53 bits per heavy atom. The third-order valence-corrected chi connectivity index (χ3v) is 3.30. The minimum absolute atomic E-state index is 0.128. The molecule has 1 fully saturated rings. The SMILES string of the molecule is CCCC1CCN(C(=O)C(C)(C)OC)C1. The minimum atomic E-state index is -0.666. The highest BCUT2D eigenvalue weighted by Crippen LogP contribution is 2.24. The number of rotatable bonds is 4. The van der Waals surface area contributed by atoms with Crippen LogP contribution in [-0.2, 0) is 9.53 Å². The highest BCUT2D eigenvalue weighted by Gasteiger charge is 2.35. The number of hydrogen-bond acceptors (Lipinski definition) is 2. The zero-order valence-corrected chi connectivity index (χ0v) is 10.4. The first-order valence-corrected chi connectivity index (χ1v) is 5.85. The summed E-state index contributed by atoms with van der Waals surface area (Å²) >= 11 is 0. The number of likely N-dealkylation sites (tertiary alicyclic amines) is 1. The molecule has 1 unspecified atom stereocenters. The number of ether oxygens (including phenoxy) is 1. The van der Waals surface area contributed by atoms with Gasteiger partial charge < -0.3 is 9.64 Å². The Hall–Kier alpha value is -0.570. The van der Waals surface area contributed by atoms with Crippen molar-refractivity contribution in [3.8, 4) is 0 Å². The zero-order valence-electron chi connectivity index (χ0n) is 10.4. The van der Waals surface area contributed by atoms with Gasteiger partial charge >= 0.3 is 0 Å². The number of carbonyl (C=O) groups is 1. The molecule has 88 valence electrons. The fourth-order valence-electron chi connectivity index (χ4n) is 2.13. The van der Waals surface area contributed by atoms with E-state index in [0.717, 1.165) is 19.5 Å². The van der Waals surface area contributed by atoms with Gasteiger partial charge in [-0.3, -0.25) is 4.79 Å². The smallest absolute Gasteiger partial charge is 0.254 e. The molecule has 0 saturated carbocycles. The van der Waals surface area contributed by atoms with Gasteiger partial charge in [0.15, 0.2) is 0 Å². The van der Waals surface area contributed by atoms with Gasteiger partial charge in [-0.2, -0.15) is 0 Å². The van der Waals surface area contributed by atoms with E-state index in [2.05, 4.69) is 6.92 Å². The van der Waals surface area contributed by atoms with E-state index < -0.39 is 5.60 Å². The average molecular weight is 213 g/mol. The predicted octanol–water partition coefficient (Wildman–Crippen LogP) is 2.06. The Morgan fingerprint density at radius 2 is 2.20 bits per heavy atom. The molecule has 3 heteroatoms. The van der Waals surface area contributed by atoms with Gasteiger partial charge in [-0.05, 0) is 32.6 Å². The second-order valence-electron chi connectivity index (χ2n) is 4.91. The molecule has 0 N–H and O–H groups in total. The van der Waals surface area contributed by atoms with Gasteiger partial charge in [0.25, 0.3) is 5.91 Å². The molecule has 0 radical (unpaired) electrons. The molecule has 1 heterocycles. The summed E-state index contributed by atoms with van der Waals surface area (Å²) in [6.07, 6.45) is 3.59. The first-order chi connectivity index (χ1) is 7.01. The fourth-order valence-corrected chi connectivity index (χ4v) is 2.13. The molecule has 0 bridgehead atoms. The highest BCUT2D eigenvalue weighted by atomic mass is 16.5. The summed E-state index contributed by atoms with van der Waals surface area (Å²) in [6, 6.07) is 0. The molecule has 0 aliphatic carbocycles. The zero-order chi connectivity index (χ0) is 11.5. The third kappa shape index (κ3) is 2.94. The van der Waals surface area contributed by atoms with E-state index in [0.29, 0.717) is 5.92 Å². The van der Waals surface area contributed by atoms with Crippen molar-refractivity contribution in [1.29, 1.82) is 0 Å². The molecule has 1 aliphatic heterocycles. The molecular weight excluding hydrogens is 190 g/mol. The van der Waals surface area contributed by atoms with Crippen LogP contribution in [0.25, 0.3) is 0 Å². The lowest BCUT2D eigenvalue weighted by Gasteiger charge is -2.28. The Balaban J connectivity index is 2.50. The van der Waals surface area contributed by atoms with Gasteiger partial charge in [0.1, 0.15) is 5.60 Å². The van der Waals surface area contributed by atoms with Crippen LogP contribution >= 0.6 is 0 Å². The molecular formula is C12H23NO2. The normalized spacial score (nSPS) is 22.1. The summed E-state index contributed by atoms with van der Waals surface area (Å²) < 4.78 is 5.22. The second kappa shape index (κ2) is 4.97. The van der Waals surface area contributed by atoms with Gasteiger partial charge in [0, 0.05) is 20.2 Å². The van der Waals surface area contributed by atoms with Crippen LogP contribution in [0.15, 0.2) is 0 Å². The molecule has 15 heavy (non-hydrogen) atoms. The highest BCUT2D eigenvalue weighted by molar-refractivity contribution is 5.84. The van der Waals surface area contributed by atoms with Gasteiger partial charge in [-0.1, -0.05) is 13.3 Å². The van der Waals surface area contributed by atoms with E-state index in [1.165, 1.54) is 12.8 Å². The monoisotopic (exact) mass is 213 g/mol. The van der Waals surface area contributed by atoms with E-state index in [4.69, 9.17) is 4.74 Å². The van der Waals surface area contributed by atoms with Gasteiger partial charge in [-0.25, -0.2) is 0 Å². The van der Waals surface area contributed by atoms with Crippen LogP contribution in [-0.4, -0.2) is 36.6 Å². The predicted molar refractivity (Wildman–Crippen MR) is 60.7 cm³/mol. The van der Waals surface area contributed by atoms with Crippen LogP contribution in [0.3, 0.4) is 0 Å². The van der Waals surface area contributed by atoms with Crippen molar-refractivity contribution >= 4 is 5.91 Å². The second-order valence-corrected chi connectivity index (χ2v) is 4.91. The Labute approximate surface area is 92.8 Å².